The van der Waals surface area contributed by atoms with E-state index in [1.807, 2.05) is 37.3 Å². The summed E-state index contributed by atoms with van der Waals surface area (Å²) in [5.74, 6) is 1.72. The molecule has 0 fully saturated rings. The van der Waals surface area contributed by atoms with E-state index in [9.17, 15) is 0 Å². The summed E-state index contributed by atoms with van der Waals surface area (Å²) in [7, 11) is 0. The molecule has 0 amide bonds. The average molecular weight is 281 g/mol. The van der Waals surface area contributed by atoms with E-state index in [1.54, 1.807) is 11.8 Å². The Morgan fingerprint density at radius 3 is 2.35 bits per heavy atom. The lowest BCUT2D eigenvalue weighted by atomic mass is 10.1. The van der Waals surface area contributed by atoms with Crippen molar-refractivity contribution in [3.05, 3.63) is 60.4 Å². The Kier molecular flexibility index (Phi) is 3.61. The maximum absolute atomic E-state index is 5.69. The summed E-state index contributed by atoms with van der Waals surface area (Å²) in [6.45, 7) is 1.94. The third kappa shape index (κ3) is 2.63. The van der Waals surface area contributed by atoms with E-state index in [4.69, 9.17) is 9.40 Å². The Morgan fingerprint density at radius 1 is 0.950 bits per heavy atom. The molecule has 100 valence electrons. The van der Waals surface area contributed by atoms with Gasteiger partial charge in [-0.3, -0.25) is 0 Å². The normalized spacial score (nSPS) is 10.7. The summed E-state index contributed by atoms with van der Waals surface area (Å²) in [5, 5.41) is 0. The van der Waals surface area contributed by atoms with Gasteiger partial charge in [0.2, 0.25) is 0 Å². The number of hydrogen-bond donors (Lipinski definition) is 0. The zero-order valence-corrected chi connectivity index (χ0v) is 12.3. The van der Waals surface area contributed by atoms with E-state index in [0.29, 0.717) is 0 Å². The molecule has 0 saturated heterocycles. The number of pyridine rings is 1. The topological polar surface area (TPSA) is 26.0 Å². The maximum Gasteiger partial charge on any atom is 0.152 e. The van der Waals surface area contributed by atoms with Gasteiger partial charge in [0.05, 0.1) is 5.69 Å². The molecule has 2 nitrogen and oxygen atoms in total. The van der Waals surface area contributed by atoms with Crippen molar-refractivity contribution in [1.82, 2.24) is 4.98 Å². The first-order valence-corrected chi connectivity index (χ1v) is 7.67. The van der Waals surface area contributed by atoms with Gasteiger partial charge in [-0.2, -0.15) is 0 Å². The summed E-state index contributed by atoms with van der Waals surface area (Å²) in [6.07, 6.45) is 2.07. The second-order valence-corrected chi connectivity index (χ2v) is 5.43. The summed E-state index contributed by atoms with van der Waals surface area (Å²) in [5.41, 5.74) is 2.97. The number of thioether (sulfide) groups is 1. The molecule has 2 heterocycles. The zero-order valence-electron chi connectivity index (χ0n) is 11.5. The van der Waals surface area contributed by atoms with Crippen LogP contribution < -0.4 is 0 Å². The molecular weight excluding hydrogens is 266 g/mol. The molecule has 20 heavy (non-hydrogen) atoms. The van der Waals surface area contributed by atoms with Gasteiger partial charge in [-0.05, 0) is 37.4 Å². The van der Waals surface area contributed by atoms with Crippen molar-refractivity contribution in [2.24, 2.45) is 0 Å². The van der Waals surface area contributed by atoms with Gasteiger partial charge in [-0.15, -0.1) is 11.8 Å². The molecule has 0 bridgehead atoms. The fourth-order valence-corrected chi connectivity index (χ4v) is 2.54. The van der Waals surface area contributed by atoms with Gasteiger partial charge in [0.25, 0.3) is 0 Å². The first kappa shape index (κ1) is 13.0. The Morgan fingerprint density at radius 2 is 1.70 bits per heavy atom. The van der Waals surface area contributed by atoms with Gasteiger partial charge in [0, 0.05) is 10.5 Å². The molecule has 3 aromatic rings. The van der Waals surface area contributed by atoms with E-state index in [-0.39, 0.29) is 0 Å². The number of furan rings is 1. The van der Waals surface area contributed by atoms with Crippen LogP contribution in [0.25, 0.3) is 22.7 Å². The number of nitrogens with zero attached hydrogens (tertiary/aromatic N) is 1. The second kappa shape index (κ2) is 5.55. The SMILES string of the molecule is CSc1cc(-c2ccccc2)nc(-c2ccc(C)o2)c1. The van der Waals surface area contributed by atoms with Gasteiger partial charge >= 0.3 is 0 Å². The Hall–Kier alpha value is -2.00. The highest BCUT2D eigenvalue weighted by molar-refractivity contribution is 7.98. The second-order valence-electron chi connectivity index (χ2n) is 4.55. The minimum Gasteiger partial charge on any atom is -0.460 e. The van der Waals surface area contributed by atoms with Crippen LogP contribution in [0.5, 0.6) is 0 Å². The molecule has 0 aliphatic carbocycles. The third-order valence-corrected chi connectivity index (χ3v) is 3.80. The van der Waals surface area contributed by atoms with Crippen molar-refractivity contribution in [3.63, 3.8) is 0 Å². The molecule has 0 aliphatic rings. The predicted molar refractivity (Wildman–Crippen MR) is 83.9 cm³/mol. The number of benzene rings is 1. The molecule has 0 N–H and O–H groups in total. The minimum absolute atomic E-state index is 0.815. The lowest BCUT2D eigenvalue weighted by Gasteiger charge is -2.06. The lowest BCUT2D eigenvalue weighted by Crippen LogP contribution is -1.88. The van der Waals surface area contributed by atoms with Gasteiger partial charge in [0.1, 0.15) is 11.5 Å². The number of hydrogen-bond acceptors (Lipinski definition) is 3. The van der Waals surface area contributed by atoms with Gasteiger partial charge in [-0.25, -0.2) is 4.98 Å². The zero-order chi connectivity index (χ0) is 13.9. The quantitative estimate of drug-likeness (QED) is 0.629. The predicted octanol–water partition coefficient (Wildman–Crippen LogP) is 5.04. The summed E-state index contributed by atoms with van der Waals surface area (Å²) in [4.78, 5) is 5.91. The fraction of sp³-hybridized carbons (Fsp3) is 0.118. The van der Waals surface area contributed by atoms with Gasteiger partial charge < -0.3 is 4.42 Å². The third-order valence-electron chi connectivity index (χ3n) is 3.10. The van der Waals surface area contributed by atoms with Crippen LogP contribution in [0.4, 0.5) is 0 Å². The molecule has 0 aliphatic heterocycles. The first-order chi connectivity index (χ1) is 9.76. The fourth-order valence-electron chi connectivity index (χ4n) is 2.08. The summed E-state index contributed by atoms with van der Waals surface area (Å²) in [6, 6.07) is 18.3. The number of rotatable bonds is 3. The highest BCUT2D eigenvalue weighted by Crippen LogP contribution is 2.29. The molecule has 0 saturated carbocycles. The Balaban J connectivity index is 2.12. The maximum atomic E-state index is 5.69. The molecule has 0 atom stereocenters. The molecule has 0 unspecified atom stereocenters. The molecule has 0 spiro atoms. The van der Waals surface area contributed by atoms with Crippen LogP contribution in [-0.4, -0.2) is 11.2 Å². The van der Waals surface area contributed by atoms with Crippen LogP contribution in [0.1, 0.15) is 5.76 Å². The van der Waals surface area contributed by atoms with Crippen LogP contribution in [0.15, 0.2) is 63.9 Å². The highest BCUT2D eigenvalue weighted by Gasteiger charge is 2.09. The average Bonchev–Trinajstić information content (AvgIpc) is 2.94. The highest BCUT2D eigenvalue weighted by atomic mass is 32.2. The first-order valence-electron chi connectivity index (χ1n) is 6.44. The summed E-state index contributed by atoms with van der Waals surface area (Å²) < 4.78 is 5.69. The molecule has 1 aromatic carbocycles. The number of aryl methyl sites for hydroxylation is 1. The van der Waals surface area contributed by atoms with Crippen molar-refractivity contribution in [1.29, 1.82) is 0 Å². The van der Waals surface area contributed by atoms with Crippen LogP contribution >= 0.6 is 11.8 Å². The van der Waals surface area contributed by atoms with Crippen LogP contribution in [0.3, 0.4) is 0 Å². The van der Waals surface area contributed by atoms with E-state index in [0.717, 1.165) is 28.5 Å². The molecular formula is C17H15NOS. The minimum atomic E-state index is 0.815. The van der Waals surface area contributed by atoms with E-state index < -0.39 is 0 Å². The molecule has 2 aromatic heterocycles. The van der Waals surface area contributed by atoms with Crippen molar-refractivity contribution in [3.8, 4) is 22.7 Å². The smallest absolute Gasteiger partial charge is 0.152 e. The van der Waals surface area contributed by atoms with Crippen LogP contribution in [0, 0.1) is 6.92 Å². The summed E-state index contributed by atoms with van der Waals surface area (Å²) >= 11 is 1.71. The van der Waals surface area contributed by atoms with Gasteiger partial charge in [-0.1, -0.05) is 30.3 Å². The van der Waals surface area contributed by atoms with Crippen molar-refractivity contribution in [2.45, 2.75) is 11.8 Å². The van der Waals surface area contributed by atoms with Crippen molar-refractivity contribution in [2.75, 3.05) is 6.26 Å². The van der Waals surface area contributed by atoms with E-state index in [2.05, 4.69) is 30.5 Å². The molecule has 3 rings (SSSR count). The van der Waals surface area contributed by atoms with Crippen molar-refractivity contribution >= 4 is 11.8 Å². The Labute approximate surface area is 122 Å². The van der Waals surface area contributed by atoms with Gasteiger partial charge in [0.15, 0.2) is 5.76 Å². The number of aromatic nitrogens is 1. The Bertz CT molecular complexity index is 719. The van der Waals surface area contributed by atoms with E-state index in [1.165, 1.54) is 4.90 Å². The monoisotopic (exact) mass is 281 g/mol. The molecule has 3 heteroatoms. The van der Waals surface area contributed by atoms with Crippen LogP contribution in [-0.2, 0) is 0 Å². The lowest BCUT2D eigenvalue weighted by molar-refractivity contribution is 0.546. The van der Waals surface area contributed by atoms with E-state index >= 15 is 0 Å². The molecule has 0 radical (unpaired) electrons. The van der Waals surface area contributed by atoms with Crippen LogP contribution in [0.2, 0.25) is 0 Å². The van der Waals surface area contributed by atoms with Crippen molar-refractivity contribution < 1.29 is 4.42 Å². The standard InChI is InChI=1S/C17H15NOS/c1-12-8-9-17(19-12)16-11-14(20-2)10-15(18-16)13-6-4-3-5-7-13/h3-11H,1-2H3. The largest absolute Gasteiger partial charge is 0.460 e.